The lowest BCUT2D eigenvalue weighted by Gasteiger charge is -2.41. The predicted molar refractivity (Wildman–Crippen MR) is 171 cm³/mol. The van der Waals surface area contributed by atoms with Crippen LogP contribution in [0.15, 0.2) is 18.2 Å². The van der Waals surface area contributed by atoms with E-state index in [1.54, 1.807) is 0 Å². The summed E-state index contributed by atoms with van der Waals surface area (Å²) in [4.78, 5) is 26.3. The lowest BCUT2D eigenvalue weighted by Crippen LogP contribution is -2.50. The fourth-order valence-corrected chi connectivity index (χ4v) is 5.87. The number of nitrogens with zero attached hydrogens (tertiary/aromatic N) is 5. The first-order valence-corrected chi connectivity index (χ1v) is 15.9. The highest BCUT2D eigenvalue weighted by molar-refractivity contribution is 6.06. The van der Waals surface area contributed by atoms with Gasteiger partial charge < -0.3 is 34.1 Å². The van der Waals surface area contributed by atoms with Crippen molar-refractivity contribution in [2.45, 2.75) is 85.8 Å². The SMILES string of the molecule is CCOCc1nc2c(N)nc3cc(CCCN4CCN(C(=O)OC(C)(C)C)CC4)ccc3c2n1CC1(C)COC(C)(C)OC1. The molecular weight excluding hydrogens is 560 g/mol. The Morgan fingerprint density at radius 3 is 2.43 bits per heavy atom. The van der Waals surface area contributed by atoms with Gasteiger partial charge in [-0.15, -0.1) is 0 Å². The maximum absolute atomic E-state index is 12.4. The van der Waals surface area contributed by atoms with Crippen molar-refractivity contribution in [1.82, 2.24) is 24.3 Å². The molecule has 0 atom stereocenters. The Balaban J connectivity index is 1.30. The van der Waals surface area contributed by atoms with E-state index < -0.39 is 11.4 Å². The normalized spacial score (nSPS) is 19.1. The largest absolute Gasteiger partial charge is 0.444 e. The van der Waals surface area contributed by atoms with Gasteiger partial charge in [-0.2, -0.15) is 0 Å². The van der Waals surface area contributed by atoms with Crippen molar-refractivity contribution in [1.29, 1.82) is 0 Å². The number of benzene rings is 1. The maximum Gasteiger partial charge on any atom is 0.410 e. The second-order valence-corrected chi connectivity index (χ2v) is 14.0. The number of rotatable bonds is 9. The molecule has 2 fully saturated rings. The smallest absolute Gasteiger partial charge is 0.410 e. The van der Waals surface area contributed by atoms with Crippen molar-refractivity contribution in [3.05, 3.63) is 29.6 Å². The third kappa shape index (κ3) is 7.62. The molecule has 0 spiro atoms. The van der Waals surface area contributed by atoms with Gasteiger partial charge in [0.05, 0.1) is 24.2 Å². The van der Waals surface area contributed by atoms with E-state index in [1.807, 2.05) is 46.4 Å². The van der Waals surface area contributed by atoms with Gasteiger partial charge in [0.25, 0.3) is 0 Å². The molecule has 5 rings (SSSR count). The Hall–Kier alpha value is -2.99. The topological polar surface area (TPSA) is 117 Å². The second-order valence-electron chi connectivity index (χ2n) is 14.0. The molecule has 0 unspecified atom stereocenters. The minimum absolute atomic E-state index is 0.223. The molecular formula is C33H50N6O5. The van der Waals surface area contributed by atoms with Gasteiger partial charge in [0, 0.05) is 50.1 Å². The summed E-state index contributed by atoms with van der Waals surface area (Å²) in [5.74, 6) is 0.660. The highest BCUT2D eigenvalue weighted by Gasteiger charge is 2.38. The van der Waals surface area contributed by atoms with E-state index in [1.165, 1.54) is 5.56 Å². The van der Waals surface area contributed by atoms with Gasteiger partial charge in [0.15, 0.2) is 11.6 Å². The summed E-state index contributed by atoms with van der Waals surface area (Å²) in [6.07, 6.45) is 1.72. The van der Waals surface area contributed by atoms with E-state index in [4.69, 9.17) is 34.6 Å². The zero-order valence-corrected chi connectivity index (χ0v) is 27.6. The van der Waals surface area contributed by atoms with Crippen LogP contribution in [0.25, 0.3) is 21.9 Å². The van der Waals surface area contributed by atoms with Crippen molar-refractivity contribution < 1.29 is 23.7 Å². The number of nitrogen functional groups attached to an aromatic ring is 1. The Bertz CT molecular complexity index is 1460. The second kappa shape index (κ2) is 12.8. The minimum Gasteiger partial charge on any atom is -0.444 e. The molecule has 0 radical (unpaired) electrons. The van der Waals surface area contributed by atoms with Gasteiger partial charge in [-0.3, -0.25) is 4.90 Å². The van der Waals surface area contributed by atoms with Gasteiger partial charge >= 0.3 is 6.09 Å². The molecule has 2 aliphatic heterocycles. The fourth-order valence-electron chi connectivity index (χ4n) is 5.87. The molecule has 4 heterocycles. The van der Waals surface area contributed by atoms with Crippen molar-refractivity contribution in [2.24, 2.45) is 5.41 Å². The van der Waals surface area contributed by atoms with E-state index in [9.17, 15) is 4.79 Å². The Labute approximate surface area is 261 Å². The number of pyridine rings is 1. The molecule has 242 valence electrons. The van der Waals surface area contributed by atoms with E-state index in [0.717, 1.165) is 54.7 Å². The minimum atomic E-state index is -0.587. The third-order valence-electron chi connectivity index (χ3n) is 8.32. The average Bonchev–Trinajstić information content (AvgIpc) is 3.31. The molecule has 3 aromatic rings. The summed E-state index contributed by atoms with van der Waals surface area (Å²) < 4.78 is 25.7. The van der Waals surface area contributed by atoms with Gasteiger partial charge in [0.1, 0.15) is 23.5 Å². The molecule has 0 saturated carbocycles. The monoisotopic (exact) mass is 610 g/mol. The molecule has 11 nitrogen and oxygen atoms in total. The molecule has 0 aliphatic carbocycles. The van der Waals surface area contributed by atoms with Gasteiger partial charge in [-0.25, -0.2) is 14.8 Å². The number of amides is 1. The van der Waals surface area contributed by atoms with Crippen LogP contribution in [-0.2, 0) is 38.5 Å². The van der Waals surface area contributed by atoms with Gasteiger partial charge in [-0.05, 0) is 72.6 Å². The van der Waals surface area contributed by atoms with E-state index >= 15 is 0 Å². The number of piperazine rings is 1. The van der Waals surface area contributed by atoms with Crippen LogP contribution in [0.1, 0.15) is 66.3 Å². The van der Waals surface area contributed by atoms with E-state index in [0.29, 0.717) is 57.4 Å². The average molecular weight is 611 g/mol. The number of hydrogen-bond acceptors (Lipinski definition) is 9. The number of hydrogen-bond donors (Lipinski definition) is 1. The Morgan fingerprint density at radius 2 is 1.77 bits per heavy atom. The van der Waals surface area contributed by atoms with Crippen LogP contribution in [0, 0.1) is 5.41 Å². The zero-order chi connectivity index (χ0) is 31.7. The molecule has 44 heavy (non-hydrogen) atoms. The van der Waals surface area contributed by atoms with Crippen LogP contribution >= 0.6 is 0 Å². The number of aryl methyl sites for hydroxylation is 1. The Kier molecular flexibility index (Phi) is 9.42. The molecule has 1 amide bonds. The number of anilines is 1. The summed E-state index contributed by atoms with van der Waals surface area (Å²) >= 11 is 0. The molecule has 0 bridgehead atoms. The van der Waals surface area contributed by atoms with Gasteiger partial charge in [-0.1, -0.05) is 19.1 Å². The number of fused-ring (bicyclic) bond motifs is 3. The van der Waals surface area contributed by atoms with Crippen molar-refractivity contribution >= 4 is 33.8 Å². The standard InChI is InChI=1S/C33H50N6O5/c1-8-41-19-26-36-27-28(39(26)20-33(7)21-42-32(5,6)43-22-33)24-12-11-23(18-25(24)35-29(27)34)10-9-13-37-14-16-38(17-15-37)30(40)44-31(2,3)4/h11-12,18H,8-10,13-17,19-22H2,1-7H3,(H2,34,35). The summed E-state index contributed by atoms with van der Waals surface area (Å²) in [7, 11) is 0. The number of nitrogens with two attached hydrogens (primary N) is 1. The summed E-state index contributed by atoms with van der Waals surface area (Å²) in [5.41, 5.74) is 9.58. The lowest BCUT2D eigenvalue weighted by atomic mass is 9.91. The predicted octanol–water partition coefficient (Wildman–Crippen LogP) is 4.98. The first-order valence-electron chi connectivity index (χ1n) is 15.9. The van der Waals surface area contributed by atoms with Gasteiger partial charge in [0.2, 0.25) is 0 Å². The van der Waals surface area contributed by atoms with E-state index in [2.05, 4.69) is 34.6 Å². The number of carbonyl (C=O) groups excluding carboxylic acids is 1. The fraction of sp³-hybridized carbons (Fsp3) is 0.667. The molecule has 2 N–H and O–H groups in total. The van der Waals surface area contributed by atoms with Crippen LogP contribution < -0.4 is 5.73 Å². The number of carbonyl (C=O) groups is 1. The van der Waals surface area contributed by atoms with Crippen LogP contribution in [0.4, 0.5) is 10.6 Å². The number of imidazole rings is 1. The first-order chi connectivity index (χ1) is 20.8. The summed E-state index contributed by atoms with van der Waals surface area (Å²) in [6.45, 7) is 20.6. The van der Waals surface area contributed by atoms with Crippen molar-refractivity contribution in [2.75, 3.05) is 58.3 Å². The molecule has 2 aliphatic rings. The van der Waals surface area contributed by atoms with Crippen LogP contribution in [0.3, 0.4) is 0 Å². The quantitative estimate of drug-likeness (QED) is 0.358. The summed E-state index contributed by atoms with van der Waals surface area (Å²) in [6, 6.07) is 6.50. The lowest BCUT2D eigenvalue weighted by molar-refractivity contribution is -0.284. The Morgan fingerprint density at radius 1 is 1.07 bits per heavy atom. The van der Waals surface area contributed by atoms with Crippen molar-refractivity contribution in [3.63, 3.8) is 0 Å². The molecule has 2 saturated heterocycles. The zero-order valence-electron chi connectivity index (χ0n) is 27.6. The highest BCUT2D eigenvalue weighted by atomic mass is 16.7. The molecule has 2 aromatic heterocycles. The first kappa shape index (κ1) is 32.4. The van der Waals surface area contributed by atoms with Crippen LogP contribution in [0.5, 0.6) is 0 Å². The van der Waals surface area contributed by atoms with Crippen LogP contribution in [0.2, 0.25) is 0 Å². The molecule has 11 heteroatoms. The van der Waals surface area contributed by atoms with Crippen molar-refractivity contribution in [3.8, 4) is 0 Å². The third-order valence-corrected chi connectivity index (χ3v) is 8.32. The highest BCUT2D eigenvalue weighted by Crippen LogP contribution is 2.35. The number of ether oxygens (including phenoxy) is 4. The maximum atomic E-state index is 12.4. The molecule has 1 aromatic carbocycles. The van der Waals surface area contributed by atoms with E-state index in [-0.39, 0.29) is 11.5 Å². The number of aromatic nitrogens is 3. The van der Waals surface area contributed by atoms with Crippen LogP contribution in [-0.4, -0.2) is 94.4 Å². The summed E-state index contributed by atoms with van der Waals surface area (Å²) in [5, 5.41) is 1.02.